The summed E-state index contributed by atoms with van der Waals surface area (Å²) in [5.74, 6) is 7.79. The molecule has 1 fully saturated rings. The van der Waals surface area contributed by atoms with E-state index in [9.17, 15) is 0 Å². The number of nitrogens with two attached hydrogens (primary N) is 1. The Morgan fingerprint density at radius 1 is 1.33 bits per heavy atom. The third kappa shape index (κ3) is 4.93. The smallest absolute Gasteiger partial charge is 0.145 e. The van der Waals surface area contributed by atoms with Gasteiger partial charge in [0.25, 0.3) is 0 Å². The molecule has 118 valence electrons. The van der Waals surface area contributed by atoms with Crippen molar-refractivity contribution < 1.29 is 0 Å². The lowest BCUT2D eigenvalue weighted by atomic mass is 10.1. The van der Waals surface area contributed by atoms with E-state index in [0.29, 0.717) is 11.9 Å². The van der Waals surface area contributed by atoms with E-state index in [1.807, 2.05) is 13.0 Å². The van der Waals surface area contributed by atoms with Gasteiger partial charge in [-0.1, -0.05) is 26.7 Å². The molecule has 0 aliphatic heterocycles. The summed E-state index contributed by atoms with van der Waals surface area (Å²) in [4.78, 5) is 11.6. The zero-order valence-electron chi connectivity index (χ0n) is 13.6. The van der Waals surface area contributed by atoms with Crippen molar-refractivity contribution in [2.24, 2.45) is 11.8 Å². The summed E-state index contributed by atoms with van der Waals surface area (Å²) < 4.78 is 0. The zero-order chi connectivity index (χ0) is 15.2. The lowest BCUT2D eigenvalue weighted by Crippen LogP contribution is -2.35. The molecule has 5 heteroatoms. The van der Waals surface area contributed by atoms with Gasteiger partial charge in [-0.2, -0.15) is 0 Å². The van der Waals surface area contributed by atoms with Gasteiger partial charge in [0.2, 0.25) is 0 Å². The third-order valence-corrected chi connectivity index (χ3v) is 4.23. The number of aromatic nitrogens is 2. The first-order chi connectivity index (χ1) is 10.1. The van der Waals surface area contributed by atoms with E-state index in [1.165, 1.54) is 32.1 Å². The number of hydrogen-bond donors (Lipinski definition) is 2. The van der Waals surface area contributed by atoms with Gasteiger partial charge in [-0.3, -0.25) is 4.90 Å². The summed E-state index contributed by atoms with van der Waals surface area (Å²) in [6, 6.07) is 2.57. The number of nitrogens with zero attached hydrogens (tertiary/aromatic N) is 3. The van der Waals surface area contributed by atoms with Crippen molar-refractivity contribution in [2.75, 3.05) is 12.0 Å². The second kappa shape index (κ2) is 7.71. The van der Waals surface area contributed by atoms with Gasteiger partial charge in [0, 0.05) is 17.8 Å². The van der Waals surface area contributed by atoms with Crippen LogP contribution < -0.4 is 11.3 Å². The van der Waals surface area contributed by atoms with Crippen LogP contribution in [-0.4, -0.2) is 27.5 Å². The van der Waals surface area contributed by atoms with Crippen LogP contribution in [0.15, 0.2) is 6.07 Å². The highest BCUT2D eigenvalue weighted by molar-refractivity contribution is 5.33. The average Bonchev–Trinajstić information content (AvgIpc) is 2.96. The van der Waals surface area contributed by atoms with Gasteiger partial charge in [0.05, 0.1) is 6.54 Å². The second-order valence-corrected chi connectivity index (χ2v) is 6.55. The first kappa shape index (κ1) is 16.2. The van der Waals surface area contributed by atoms with Crippen molar-refractivity contribution in [1.29, 1.82) is 0 Å². The van der Waals surface area contributed by atoms with Crippen LogP contribution in [0.25, 0.3) is 0 Å². The number of aryl methyl sites for hydroxylation is 1. The molecule has 0 spiro atoms. The summed E-state index contributed by atoms with van der Waals surface area (Å²) in [5, 5.41) is 0. The van der Waals surface area contributed by atoms with Crippen LogP contribution in [0, 0.1) is 12.8 Å². The Kier molecular flexibility index (Phi) is 5.94. The molecular formula is C16H29N5. The second-order valence-electron chi connectivity index (χ2n) is 6.55. The Bertz CT molecular complexity index is 440. The van der Waals surface area contributed by atoms with E-state index < -0.39 is 0 Å². The Morgan fingerprint density at radius 2 is 2.05 bits per heavy atom. The number of anilines is 1. The normalized spacial score (nSPS) is 16.1. The molecule has 0 radical (unpaired) electrons. The molecule has 21 heavy (non-hydrogen) atoms. The predicted molar refractivity (Wildman–Crippen MR) is 86.7 cm³/mol. The first-order valence-corrected chi connectivity index (χ1v) is 8.13. The molecule has 2 rings (SSSR count). The van der Waals surface area contributed by atoms with Gasteiger partial charge in [0.1, 0.15) is 11.6 Å². The summed E-state index contributed by atoms with van der Waals surface area (Å²) in [5.41, 5.74) is 3.59. The molecule has 3 N–H and O–H groups in total. The van der Waals surface area contributed by atoms with Gasteiger partial charge in [-0.25, -0.2) is 15.8 Å². The van der Waals surface area contributed by atoms with Crippen molar-refractivity contribution in [3.63, 3.8) is 0 Å². The molecule has 1 saturated carbocycles. The number of rotatable bonds is 7. The molecule has 0 atom stereocenters. The van der Waals surface area contributed by atoms with Crippen molar-refractivity contribution in [3.05, 3.63) is 17.6 Å². The van der Waals surface area contributed by atoms with Gasteiger partial charge in [0.15, 0.2) is 0 Å². The molecule has 0 bridgehead atoms. The number of nitrogen functional groups attached to an aromatic ring is 1. The van der Waals surface area contributed by atoms with E-state index in [0.717, 1.165) is 30.5 Å². The van der Waals surface area contributed by atoms with Crippen LogP contribution in [0.4, 0.5) is 5.82 Å². The summed E-state index contributed by atoms with van der Waals surface area (Å²) in [6.45, 7) is 8.51. The van der Waals surface area contributed by atoms with Crippen LogP contribution in [0.2, 0.25) is 0 Å². The third-order valence-electron chi connectivity index (χ3n) is 4.23. The topological polar surface area (TPSA) is 67.1 Å². The molecule has 0 amide bonds. The van der Waals surface area contributed by atoms with Crippen LogP contribution in [0.3, 0.4) is 0 Å². The molecule has 1 aliphatic rings. The minimum Gasteiger partial charge on any atom is -0.308 e. The molecule has 1 heterocycles. The lowest BCUT2D eigenvalue weighted by molar-refractivity contribution is 0.175. The molecule has 0 aromatic carbocycles. The van der Waals surface area contributed by atoms with Crippen LogP contribution in [-0.2, 0) is 6.54 Å². The van der Waals surface area contributed by atoms with E-state index in [1.54, 1.807) is 0 Å². The monoisotopic (exact) mass is 291 g/mol. The van der Waals surface area contributed by atoms with Gasteiger partial charge >= 0.3 is 0 Å². The van der Waals surface area contributed by atoms with Crippen molar-refractivity contribution in [1.82, 2.24) is 14.9 Å². The standard InChI is InChI=1S/C16H29N5/c1-12(2)8-9-21(14-6-4-5-7-14)11-16-18-13(3)10-15(19-16)20-17/h10,12,14H,4-9,11,17H2,1-3H3,(H,18,19,20). The first-order valence-electron chi connectivity index (χ1n) is 8.13. The van der Waals surface area contributed by atoms with Crippen molar-refractivity contribution in [3.8, 4) is 0 Å². The maximum Gasteiger partial charge on any atom is 0.145 e. The Morgan fingerprint density at radius 3 is 2.67 bits per heavy atom. The number of hydrogen-bond acceptors (Lipinski definition) is 5. The van der Waals surface area contributed by atoms with Gasteiger partial charge in [-0.15, -0.1) is 0 Å². The SMILES string of the molecule is Cc1cc(NN)nc(CN(CCC(C)C)C2CCCC2)n1. The Hall–Kier alpha value is -1.20. The predicted octanol–water partition coefficient (Wildman–Crippen LogP) is 2.86. The van der Waals surface area contributed by atoms with Crippen LogP contribution >= 0.6 is 0 Å². The molecule has 0 saturated heterocycles. The summed E-state index contributed by atoms with van der Waals surface area (Å²) >= 11 is 0. The van der Waals surface area contributed by atoms with E-state index in [4.69, 9.17) is 5.84 Å². The van der Waals surface area contributed by atoms with E-state index in [-0.39, 0.29) is 0 Å². The largest absolute Gasteiger partial charge is 0.308 e. The maximum absolute atomic E-state index is 5.49. The number of nitrogens with one attached hydrogen (secondary N) is 1. The highest BCUT2D eigenvalue weighted by Gasteiger charge is 2.23. The average molecular weight is 291 g/mol. The quantitative estimate of drug-likeness (QED) is 0.597. The fraction of sp³-hybridized carbons (Fsp3) is 0.750. The maximum atomic E-state index is 5.49. The molecular weight excluding hydrogens is 262 g/mol. The minimum atomic E-state index is 0.696. The fourth-order valence-corrected chi connectivity index (χ4v) is 3.04. The molecule has 1 aromatic rings. The van der Waals surface area contributed by atoms with E-state index >= 15 is 0 Å². The summed E-state index contributed by atoms with van der Waals surface area (Å²) in [7, 11) is 0. The van der Waals surface area contributed by atoms with Crippen molar-refractivity contribution in [2.45, 2.75) is 65.5 Å². The summed E-state index contributed by atoms with van der Waals surface area (Å²) in [6.07, 6.45) is 6.56. The highest BCUT2D eigenvalue weighted by atomic mass is 15.3. The van der Waals surface area contributed by atoms with Crippen LogP contribution in [0.1, 0.15) is 57.5 Å². The van der Waals surface area contributed by atoms with Crippen molar-refractivity contribution >= 4 is 5.82 Å². The highest BCUT2D eigenvalue weighted by Crippen LogP contribution is 2.25. The zero-order valence-corrected chi connectivity index (χ0v) is 13.6. The molecule has 5 nitrogen and oxygen atoms in total. The molecule has 1 aromatic heterocycles. The minimum absolute atomic E-state index is 0.696. The van der Waals surface area contributed by atoms with Gasteiger partial charge < -0.3 is 5.43 Å². The molecule has 0 unspecified atom stereocenters. The van der Waals surface area contributed by atoms with Gasteiger partial charge in [-0.05, 0) is 38.6 Å². The Balaban J connectivity index is 2.07. The molecule has 1 aliphatic carbocycles. The number of hydrazine groups is 1. The van der Waals surface area contributed by atoms with E-state index in [2.05, 4.69) is 34.1 Å². The van der Waals surface area contributed by atoms with Crippen LogP contribution in [0.5, 0.6) is 0 Å². The lowest BCUT2D eigenvalue weighted by Gasteiger charge is -2.29. The Labute approximate surface area is 128 Å². The fourth-order valence-electron chi connectivity index (χ4n) is 3.04.